The van der Waals surface area contributed by atoms with E-state index in [1.54, 1.807) is 4.90 Å². The molecule has 1 amide bonds. The third-order valence-corrected chi connectivity index (χ3v) is 6.82. The summed E-state index contributed by atoms with van der Waals surface area (Å²) in [7, 11) is 0. The summed E-state index contributed by atoms with van der Waals surface area (Å²) in [4.78, 5) is 31.0. The Balaban J connectivity index is 0.000000165. The molecule has 0 unspecified atom stereocenters. The predicted molar refractivity (Wildman–Crippen MR) is 131 cm³/mol. The van der Waals surface area contributed by atoms with Crippen molar-refractivity contribution in [3.8, 4) is 0 Å². The van der Waals surface area contributed by atoms with Gasteiger partial charge in [0.2, 0.25) is 0 Å². The molecule has 0 aromatic carbocycles. The van der Waals surface area contributed by atoms with Gasteiger partial charge in [0.15, 0.2) is 23.0 Å². The van der Waals surface area contributed by atoms with E-state index in [0.29, 0.717) is 43.9 Å². The molecule has 2 aromatic rings. The Morgan fingerprint density at radius 1 is 0.952 bits per heavy atom. The summed E-state index contributed by atoms with van der Waals surface area (Å²) in [5.74, 6) is -1.57. The van der Waals surface area contributed by atoms with E-state index in [0.717, 1.165) is 32.2 Å². The van der Waals surface area contributed by atoms with Gasteiger partial charge in [-0.25, -0.2) is 18.4 Å². The molecule has 0 bridgehead atoms. The van der Waals surface area contributed by atoms with Crippen molar-refractivity contribution >= 4 is 12.1 Å². The second kappa shape index (κ2) is 11.7. The average molecular weight is 609 g/mol. The lowest BCUT2D eigenvalue weighted by Crippen LogP contribution is -2.36. The minimum atomic E-state index is -5.08. The van der Waals surface area contributed by atoms with Gasteiger partial charge in [0.25, 0.3) is 11.8 Å². The Bertz CT molecular complexity index is 1250. The first-order chi connectivity index (χ1) is 19.5. The molecular formula is C25H33F5N6O6. The van der Waals surface area contributed by atoms with Gasteiger partial charge in [-0.3, -0.25) is 4.90 Å². The fourth-order valence-corrected chi connectivity index (χ4v) is 4.24. The maximum Gasteiger partial charge on any atom is 0.490 e. The first kappa shape index (κ1) is 31.6. The molecule has 234 valence electrons. The first-order valence-corrected chi connectivity index (χ1v) is 13.6. The third-order valence-electron chi connectivity index (χ3n) is 6.82. The summed E-state index contributed by atoms with van der Waals surface area (Å²) >= 11 is 0. The highest BCUT2D eigenvalue weighted by atomic mass is 19.4. The lowest BCUT2D eigenvalue weighted by atomic mass is 10.2. The van der Waals surface area contributed by atoms with Crippen molar-refractivity contribution in [2.24, 2.45) is 0 Å². The zero-order valence-corrected chi connectivity index (χ0v) is 23.3. The summed E-state index contributed by atoms with van der Waals surface area (Å²) < 4.78 is 74.5. The number of hydrogen-bond acceptors (Lipinski definition) is 10. The molecule has 12 nitrogen and oxygen atoms in total. The van der Waals surface area contributed by atoms with Crippen LogP contribution in [-0.2, 0) is 20.9 Å². The minimum absolute atomic E-state index is 0.0357. The van der Waals surface area contributed by atoms with Crippen molar-refractivity contribution < 1.29 is 50.4 Å². The number of rotatable bonds is 4. The number of halogens is 5. The van der Waals surface area contributed by atoms with E-state index in [9.17, 15) is 26.7 Å². The van der Waals surface area contributed by atoms with E-state index >= 15 is 0 Å². The molecule has 42 heavy (non-hydrogen) atoms. The molecule has 2 saturated heterocycles. The number of hydrogen-bond donors (Lipinski definition) is 2. The Morgan fingerprint density at radius 3 is 1.93 bits per heavy atom. The van der Waals surface area contributed by atoms with Crippen LogP contribution in [0.1, 0.15) is 108 Å². The van der Waals surface area contributed by atoms with E-state index < -0.39 is 35.2 Å². The lowest BCUT2D eigenvalue weighted by molar-refractivity contribution is -0.192. The van der Waals surface area contributed by atoms with E-state index in [4.69, 9.17) is 23.7 Å². The van der Waals surface area contributed by atoms with E-state index in [2.05, 4.69) is 25.6 Å². The number of carbonyl (C=O) groups excluding carboxylic acids is 1. The van der Waals surface area contributed by atoms with Gasteiger partial charge < -0.3 is 24.2 Å². The summed E-state index contributed by atoms with van der Waals surface area (Å²) in [6.07, 6.45) is 0.126. The molecule has 17 heteroatoms. The van der Waals surface area contributed by atoms with E-state index in [-0.39, 0.29) is 23.9 Å². The number of aromatic nitrogens is 4. The van der Waals surface area contributed by atoms with Crippen LogP contribution >= 0.6 is 0 Å². The fourth-order valence-electron chi connectivity index (χ4n) is 4.24. The molecule has 6 rings (SSSR count). The van der Waals surface area contributed by atoms with E-state index in [1.165, 1.54) is 0 Å². The number of amides is 1. The van der Waals surface area contributed by atoms with Crippen LogP contribution in [0.2, 0.25) is 0 Å². The van der Waals surface area contributed by atoms with Crippen molar-refractivity contribution in [3.63, 3.8) is 0 Å². The lowest BCUT2D eigenvalue weighted by Gasteiger charge is -2.27. The zero-order valence-electron chi connectivity index (χ0n) is 23.3. The Labute approximate surface area is 237 Å². The molecule has 0 radical (unpaired) electrons. The summed E-state index contributed by atoms with van der Waals surface area (Å²) in [5, 5.41) is 18.0. The van der Waals surface area contributed by atoms with Gasteiger partial charge in [0.05, 0.1) is 12.1 Å². The summed E-state index contributed by atoms with van der Waals surface area (Å²) in [6.45, 7) is 7.03. The first-order valence-electron chi connectivity index (χ1n) is 13.6. The van der Waals surface area contributed by atoms with Crippen molar-refractivity contribution in [2.75, 3.05) is 13.1 Å². The van der Waals surface area contributed by atoms with Gasteiger partial charge in [0, 0.05) is 6.54 Å². The largest absolute Gasteiger partial charge is 0.490 e. The van der Waals surface area contributed by atoms with Crippen LogP contribution in [-0.4, -0.2) is 67.2 Å². The number of alkyl halides is 5. The van der Waals surface area contributed by atoms with Crippen LogP contribution < -0.4 is 5.32 Å². The molecule has 2 saturated carbocycles. The zero-order chi connectivity index (χ0) is 30.9. The maximum atomic E-state index is 13.9. The number of carbonyl (C=O) groups is 2. The number of carboxylic acid groups (broad SMARTS) is 1. The highest BCUT2D eigenvalue weighted by Crippen LogP contribution is 2.49. The van der Waals surface area contributed by atoms with Gasteiger partial charge in [-0.2, -0.15) is 23.1 Å². The van der Waals surface area contributed by atoms with Gasteiger partial charge in [-0.15, -0.1) is 0 Å². The van der Waals surface area contributed by atoms with Gasteiger partial charge >= 0.3 is 18.2 Å². The number of likely N-dealkylation sites (tertiary alicyclic amines) is 1. The second-order valence-corrected chi connectivity index (χ2v) is 11.6. The number of carboxylic acids is 1. The number of ether oxygens (including phenoxy) is 1. The number of nitrogens with zero attached hydrogens (tertiary/aromatic N) is 5. The molecule has 0 spiro atoms. The normalized spacial score (nSPS) is 23.8. The Morgan fingerprint density at radius 2 is 1.48 bits per heavy atom. The van der Waals surface area contributed by atoms with Crippen LogP contribution in [0.5, 0.6) is 0 Å². The second-order valence-electron chi connectivity index (χ2n) is 11.6. The standard InChI is InChI=1S/C14H20FN3O3.C9H12FN3O.C2HF3O2/c1-13(2,3)20-12(19)18-8-4-5-9(18)10-16-11(21-17-10)14(15)6-7-14;10-9(3-4-9)8-12-7(13-14-8)6-2-1-5-11-6;3-2(4,5)1(6)7/h9H,4-8H2,1-3H3;6,11H,1-5H2;(H,6,7)/t9-;6-;/m00./s1. The quantitative estimate of drug-likeness (QED) is 0.441. The highest BCUT2D eigenvalue weighted by molar-refractivity contribution is 5.73. The summed E-state index contributed by atoms with van der Waals surface area (Å²) in [6, 6.07) is -0.130. The van der Waals surface area contributed by atoms with Crippen LogP contribution in [0.3, 0.4) is 0 Å². The smallest absolute Gasteiger partial charge is 0.475 e. The maximum absolute atomic E-state index is 13.9. The number of nitrogens with one attached hydrogen (secondary N) is 1. The molecule has 4 aliphatic rings. The SMILES string of the molecule is CC(C)(C)OC(=O)N1CCC[C@H]1c1noc(C2(F)CC2)n1.FC1(c2nc([C@@H]3CCCN3)no2)CC1.O=C(O)C(F)(F)F. The van der Waals surface area contributed by atoms with Crippen molar-refractivity contribution in [1.82, 2.24) is 30.5 Å². The molecule has 2 aromatic heterocycles. The number of aliphatic carboxylic acids is 1. The topological polar surface area (TPSA) is 157 Å². The fraction of sp³-hybridized carbons (Fsp3) is 0.760. The van der Waals surface area contributed by atoms with Crippen LogP contribution in [0.25, 0.3) is 0 Å². The summed E-state index contributed by atoms with van der Waals surface area (Å²) in [5.41, 5.74) is -3.30. The Kier molecular flexibility index (Phi) is 8.81. The van der Waals surface area contributed by atoms with Crippen molar-refractivity contribution in [3.05, 3.63) is 23.4 Å². The molecule has 4 heterocycles. The van der Waals surface area contributed by atoms with Gasteiger partial charge in [-0.05, 0) is 78.7 Å². The van der Waals surface area contributed by atoms with Crippen LogP contribution in [0.15, 0.2) is 9.05 Å². The minimum Gasteiger partial charge on any atom is -0.475 e. The van der Waals surface area contributed by atoms with E-state index in [1.807, 2.05) is 20.8 Å². The van der Waals surface area contributed by atoms with Crippen LogP contribution in [0, 0.1) is 0 Å². The molecular weight excluding hydrogens is 575 g/mol. The average Bonchev–Trinajstić information content (AvgIpc) is 3.47. The van der Waals surface area contributed by atoms with Gasteiger partial charge in [0.1, 0.15) is 5.60 Å². The van der Waals surface area contributed by atoms with Crippen molar-refractivity contribution in [1.29, 1.82) is 0 Å². The van der Waals surface area contributed by atoms with Crippen LogP contribution in [0.4, 0.5) is 26.7 Å². The third kappa shape index (κ3) is 7.92. The van der Waals surface area contributed by atoms with Crippen molar-refractivity contribution in [2.45, 2.75) is 107 Å². The molecule has 2 atom stereocenters. The molecule has 2 N–H and O–H groups in total. The molecule has 2 aliphatic heterocycles. The monoisotopic (exact) mass is 608 g/mol. The molecule has 2 aliphatic carbocycles. The predicted octanol–water partition coefficient (Wildman–Crippen LogP) is 5.19. The molecule has 4 fully saturated rings. The van der Waals surface area contributed by atoms with Gasteiger partial charge in [-0.1, -0.05) is 10.3 Å². The highest BCUT2D eigenvalue weighted by Gasteiger charge is 2.52. The Hall–Kier alpha value is -3.37.